The Morgan fingerprint density at radius 2 is 1.93 bits per heavy atom. The van der Waals surface area contributed by atoms with Crippen LogP contribution in [-0.4, -0.2) is 52.8 Å². The van der Waals surface area contributed by atoms with Gasteiger partial charge in [0.15, 0.2) is 0 Å². The van der Waals surface area contributed by atoms with E-state index in [4.69, 9.17) is 21.4 Å². The average molecular weight is 414 g/mol. The molecule has 150 valence electrons. The second-order valence-electron chi connectivity index (χ2n) is 6.71. The van der Waals surface area contributed by atoms with Crippen molar-refractivity contribution < 1.29 is 19.4 Å². The third-order valence-corrected chi connectivity index (χ3v) is 5.17. The first-order valence-electron chi connectivity index (χ1n) is 9.04. The second kappa shape index (κ2) is 8.52. The van der Waals surface area contributed by atoms with Crippen molar-refractivity contribution >= 4 is 29.6 Å². The zero-order chi connectivity index (χ0) is 21.1. The van der Waals surface area contributed by atoms with Crippen LogP contribution in [0.4, 0.5) is 0 Å². The zero-order valence-corrected chi connectivity index (χ0v) is 16.9. The maximum Gasteiger partial charge on any atom is 0.337 e. The molecule has 0 bridgehead atoms. The zero-order valence-electron chi connectivity index (χ0n) is 16.1. The van der Waals surface area contributed by atoms with E-state index in [1.54, 1.807) is 23.1 Å². The van der Waals surface area contributed by atoms with Crippen molar-refractivity contribution in [1.82, 2.24) is 9.47 Å². The molecule has 3 rings (SSSR count). The van der Waals surface area contributed by atoms with Crippen LogP contribution in [0.5, 0.6) is 0 Å². The number of benzene rings is 1. The van der Waals surface area contributed by atoms with Crippen molar-refractivity contribution in [2.75, 3.05) is 26.3 Å². The monoisotopic (exact) mass is 413 g/mol. The lowest BCUT2D eigenvalue weighted by molar-refractivity contribution is -0.130. The number of rotatable bonds is 4. The number of carboxylic acid groups (broad SMARTS) is 1. The van der Waals surface area contributed by atoms with Crippen LogP contribution in [0.1, 0.15) is 27.3 Å². The molecule has 8 heteroatoms. The summed E-state index contributed by atoms with van der Waals surface area (Å²) < 4.78 is 7.15. The molecule has 1 aromatic heterocycles. The molecule has 0 radical (unpaired) electrons. The van der Waals surface area contributed by atoms with Gasteiger partial charge in [0.05, 0.1) is 23.8 Å². The molecule has 0 unspecified atom stereocenters. The molecular weight excluding hydrogens is 394 g/mol. The predicted molar refractivity (Wildman–Crippen MR) is 108 cm³/mol. The number of aromatic nitrogens is 1. The normalized spacial score (nSPS) is 14.6. The first-order chi connectivity index (χ1) is 13.8. The molecule has 1 aliphatic rings. The van der Waals surface area contributed by atoms with Crippen molar-refractivity contribution in [2.24, 2.45) is 0 Å². The summed E-state index contributed by atoms with van der Waals surface area (Å²) in [4.78, 5) is 25.4. The van der Waals surface area contributed by atoms with Gasteiger partial charge in [0.25, 0.3) is 5.91 Å². The fourth-order valence-electron chi connectivity index (χ4n) is 3.38. The molecule has 7 nitrogen and oxygen atoms in total. The van der Waals surface area contributed by atoms with E-state index in [0.29, 0.717) is 32.0 Å². The van der Waals surface area contributed by atoms with Crippen LogP contribution in [-0.2, 0) is 9.53 Å². The molecule has 0 atom stereocenters. The van der Waals surface area contributed by atoms with Gasteiger partial charge in [0.2, 0.25) is 0 Å². The lowest BCUT2D eigenvalue weighted by atomic mass is 10.1. The van der Waals surface area contributed by atoms with Gasteiger partial charge in [-0.1, -0.05) is 11.6 Å². The smallest absolute Gasteiger partial charge is 0.337 e. The maximum absolute atomic E-state index is 12.7. The van der Waals surface area contributed by atoms with Crippen molar-refractivity contribution in [3.05, 3.63) is 57.4 Å². The molecule has 1 saturated heterocycles. The van der Waals surface area contributed by atoms with Crippen molar-refractivity contribution in [1.29, 1.82) is 5.26 Å². The van der Waals surface area contributed by atoms with E-state index in [-0.39, 0.29) is 22.1 Å². The van der Waals surface area contributed by atoms with E-state index >= 15 is 0 Å². The summed E-state index contributed by atoms with van der Waals surface area (Å²) in [7, 11) is 0. The highest BCUT2D eigenvalue weighted by molar-refractivity contribution is 6.33. The van der Waals surface area contributed by atoms with E-state index in [9.17, 15) is 14.9 Å². The molecular formula is C21H20ClN3O4. The van der Waals surface area contributed by atoms with Crippen molar-refractivity contribution in [3.63, 3.8) is 0 Å². The molecule has 0 aliphatic carbocycles. The van der Waals surface area contributed by atoms with Crippen LogP contribution < -0.4 is 0 Å². The number of hydrogen-bond donors (Lipinski definition) is 1. The number of aryl methyl sites for hydroxylation is 1. The molecule has 2 heterocycles. The summed E-state index contributed by atoms with van der Waals surface area (Å²) in [6, 6.07) is 8.59. The van der Waals surface area contributed by atoms with E-state index in [2.05, 4.69) is 0 Å². The summed E-state index contributed by atoms with van der Waals surface area (Å²) in [5.74, 6) is -1.40. The number of halogens is 1. The molecule has 1 aromatic carbocycles. The Labute approximate surface area is 173 Å². The van der Waals surface area contributed by atoms with E-state index in [0.717, 1.165) is 17.0 Å². The van der Waals surface area contributed by atoms with Crippen LogP contribution in [0.25, 0.3) is 11.8 Å². The Morgan fingerprint density at radius 3 is 2.52 bits per heavy atom. The Hall–Kier alpha value is -3.08. The maximum atomic E-state index is 12.7. The fraction of sp³-hybridized carbons (Fsp3) is 0.286. The number of nitriles is 1. The Kier molecular flexibility index (Phi) is 6.06. The molecule has 1 fully saturated rings. The van der Waals surface area contributed by atoms with E-state index in [1.807, 2.05) is 30.6 Å². The molecule has 29 heavy (non-hydrogen) atoms. The highest BCUT2D eigenvalue weighted by Gasteiger charge is 2.21. The first-order valence-corrected chi connectivity index (χ1v) is 9.42. The van der Waals surface area contributed by atoms with Gasteiger partial charge in [0.1, 0.15) is 11.6 Å². The Bertz CT molecular complexity index is 1040. The van der Waals surface area contributed by atoms with Crippen molar-refractivity contribution in [2.45, 2.75) is 13.8 Å². The number of amides is 1. The minimum absolute atomic E-state index is 0.0286. The minimum atomic E-state index is -1.09. The Morgan fingerprint density at radius 1 is 1.24 bits per heavy atom. The van der Waals surface area contributed by atoms with Crippen LogP contribution in [0, 0.1) is 25.2 Å². The van der Waals surface area contributed by atoms with E-state index < -0.39 is 5.97 Å². The number of aromatic carboxylic acids is 1. The van der Waals surface area contributed by atoms with Gasteiger partial charge in [-0.2, -0.15) is 5.26 Å². The van der Waals surface area contributed by atoms with Gasteiger partial charge < -0.3 is 19.3 Å². The number of ether oxygens (including phenoxy) is 1. The summed E-state index contributed by atoms with van der Waals surface area (Å²) in [5, 5.41) is 18.8. The number of carbonyl (C=O) groups is 2. The molecule has 1 N–H and O–H groups in total. The molecule has 0 spiro atoms. The number of carboxylic acids is 1. The number of morpholine rings is 1. The second-order valence-corrected chi connectivity index (χ2v) is 7.11. The molecule has 1 aliphatic heterocycles. The molecule has 2 aromatic rings. The van der Waals surface area contributed by atoms with Gasteiger partial charge in [-0.15, -0.1) is 0 Å². The van der Waals surface area contributed by atoms with Gasteiger partial charge >= 0.3 is 5.97 Å². The number of hydrogen-bond acceptors (Lipinski definition) is 4. The first kappa shape index (κ1) is 20.6. The third-order valence-electron chi connectivity index (χ3n) is 4.86. The van der Waals surface area contributed by atoms with Gasteiger partial charge in [-0.25, -0.2) is 4.79 Å². The quantitative estimate of drug-likeness (QED) is 0.613. The topological polar surface area (TPSA) is 95.6 Å². The van der Waals surface area contributed by atoms with Crippen molar-refractivity contribution in [3.8, 4) is 11.8 Å². The highest BCUT2D eigenvalue weighted by atomic mass is 35.5. The minimum Gasteiger partial charge on any atom is -0.478 e. The highest BCUT2D eigenvalue weighted by Crippen LogP contribution is 2.26. The van der Waals surface area contributed by atoms with Crippen LogP contribution in [0.15, 0.2) is 29.8 Å². The largest absolute Gasteiger partial charge is 0.478 e. The van der Waals surface area contributed by atoms with Crippen LogP contribution in [0.2, 0.25) is 5.02 Å². The summed E-state index contributed by atoms with van der Waals surface area (Å²) in [6.07, 6.45) is 1.59. The number of carbonyl (C=O) groups excluding carboxylic acids is 1. The average Bonchev–Trinajstić information content (AvgIpc) is 2.98. The van der Waals surface area contributed by atoms with Crippen LogP contribution in [0.3, 0.4) is 0 Å². The number of nitrogens with zero attached hydrogens (tertiary/aromatic N) is 3. The Balaban J connectivity index is 1.97. The fourth-order valence-corrected chi connectivity index (χ4v) is 3.64. The predicted octanol–water partition coefficient (Wildman–Crippen LogP) is 3.21. The van der Waals surface area contributed by atoms with Gasteiger partial charge in [-0.05, 0) is 49.8 Å². The van der Waals surface area contributed by atoms with Crippen LogP contribution >= 0.6 is 11.6 Å². The lowest BCUT2D eigenvalue weighted by Gasteiger charge is -2.26. The van der Waals surface area contributed by atoms with E-state index in [1.165, 1.54) is 6.07 Å². The SMILES string of the molecule is Cc1cc(/C=C(/C#N)C(=O)N2CCOCC2)c(C)n1-c1ccc(C(=O)O)c(Cl)c1. The summed E-state index contributed by atoms with van der Waals surface area (Å²) in [6.45, 7) is 5.61. The standard InChI is InChI=1S/C21H20ClN3O4/c1-13-9-15(10-16(12-23)20(26)24-5-7-29-8-6-24)14(2)25(13)17-3-4-18(21(27)28)19(22)11-17/h3-4,9-11H,5-8H2,1-2H3,(H,27,28)/b16-10-. The summed E-state index contributed by atoms with van der Waals surface area (Å²) in [5.41, 5.74) is 3.20. The lowest BCUT2D eigenvalue weighted by Crippen LogP contribution is -2.41. The third kappa shape index (κ3) is 4.19. The van der Waals surface area contributed by atoms with Gasteiger partial charge in [-0.3, -0.25) is 4.79 Å². The van der Waals surface area contributed by atoms with Gasteiger partial charge in [0, 0.05) is 30.2 Å². The molecule has 1 amide bonds. The molecule has 0 saturated carbocycles. The summed E-state index contributed by atoms with van der Waals surface area (Å²) >= 11 is 6.11.